The van der Waals surface area contributed by atoms with Crippen LogP contribution < -0.4 is 5.32 Å². The molecule has 1 aromatic carbocycles. The van der Waals surface area contributed by atoms with Gasteiger partial charge in [-0.1, -0.05) is 11.8 Å². The highest BCUT2D eigenvalue weighted by Gasteiger charge is 2.20. The lowest BCUT2D eigenvalue weighted by Gasteiger charge is -2.33. The van der Waals surface area contributed by atoms with Gasteiger partial charge in [0.15, 0.2) is 0 Å². The molecule has 47 heavy (non-hydrogen) atoms. The van der Waals surface area contributed by atoms with Crippen LogP contribution in [-0.2, 0) is 27.5 Å². The average molecular weight is 644 g/mol. The van der Waals surface area contributed by atoms with Crippen LogP contribution in [0.25, 0.3) is 0 Å². The minimum Gasteiger partial charge on any atom is -0.480 e. The number of carboxylic acids is 3. The van der Waals surface area contributed by atoms with Gasteiger partial charge in [-0.3, -0.25) is 44.0 Å². The first-order valence-electron chi connectivity index (χ1n) is 15.5. The van der Waals surface area contributed by atoms with Crippen molar-refractivity contribution in [3.63, 3.8) is 0 Å². The number of aliphatic carboxylic acids is 3. The van der Waals surface area contributed by atoms with Crippen LogP contribution in [0.3, 0.4) is 0 Å². The van der Waals surface area contributed by atoms with Gasteiger partial charge >= 0.3 is 17.9 Å². The summed E-state index contributed by atoms with van der Waals surface area (Å²) in [6, 6.07) is 15.6. The Balaban J connectivity index is 1.42. The lowest BCUT2D eigenvalue weighted by Crippen LogP contribution is -2.48. The number of anilines is 1. The monoisotopic (exact) mass is 643 g/mol. The van der Waals surface area contributed by atoms with Crippen molar-refractivity contribution in [3.05, 3.63) is 89.5 Å². The fourth-order valence-electron chi connectivity index (χ4n) is 5.18. The maximum absolute atomic E-state index is 11.6. The van der Waals surface area contributed by atoms with E-state index >= 15 is 0 Å². The number of hydrogen-bond acceptors (Lipinski definition) is 10. The molecule has 3 heterocycles. The van der Waals surface area contributed by atoms with Crippen LogP contribution in [0.4, 0.5) is 5.69 Å². The molecule has 0 aliphatic carbocycles. The van der Waals surface area contributed by atoms with Crippen molar-refractivity contribution in [1.29, 1.82) is 0 Å². The van der Waals surface area contributed by atoms with Crippen LogP contribution >= 0.6 is 0 Å². The number of nitrogens with one attached hydrogen (secondary N) is 1. The van der Waals surface area contributed by atoms with E-state index in [0.29, 0.717) is 65.4 Å². The molecule has 0 unspecified atom stereocenters. The Morgan fingerprint density at radius 1 is 0.638 bits per heavy atom. The molecule has 0 atom stereocenters. The zero-order chi connectivity index (χ0) is 33.4. The first-order chi connectivity index (χ1) is 22.7. The molecule has 0 spiro atoms. The van der Waals surface area contributed by atoms with Gasteiger partial charge in [0.05, 0.1) is 25.3 Å². The van der Waals surface area contributed by atoms with Crippen LogP contribution in [0.1, 0.15) is 22.4 Å². The molecule has 0 amide bonds. The lowest BCUT2D eigenvalue weighted by molar-refractivity contribution is -0.140. The highest BCUT2D eigenvalue weighted by Crippen LogP contribution is 2.12. The average Bonchev–Trinajstić information content (AvgIpc) is 3.04. The number of benzene rings is 1. The maximum atomic E-state index is 11.6. The second-order valence-corrected chi connectivity index (χ2v) is 11.4. The lowest BCUT2D eigenvalue weighted by atomic mass is 10.1. The van der Waals surface area contributed by atoms with Crippen molar-refractivity contribution in [2.45, 2.75) is 13.1 Å². The number of pyridine rings is 2. The van der Waals surface area contributed by atoms with Crippen LogP contribution in [0.15, 0.2) is 67.1 Å². The van der Waals surface area contributed by atoms with Gasteiger partial charge < -0.3 is 20.6 Å². The molecule has 1 aliphatic heterocycles. The van der Waals surface area contributed by atoms with Gasteiger partial charge in [-0.2, -0.15) is 0 Å². The Kier molecular flexibility index (Phi) is 13.6. The van der Waals surface area contributed by atoms with Crippen LogP contribution in [0, 0.1) is 11.8 Å². The number of carbonyl (C=O) groups is 3. The van der Waals surface area contributed by atoms with E-state index in [1.54, 1.807) is 33.3 Å². The van der Waals surface area contributed by atoms with Gasteiger partial charge in [-0.25, -0.2) is 0 Å². The zero-order valence-electron chi connectivity index (χ0n) is 26.3. The maximum Gasteiger partial charge on any atom is 0.317 e. The molecule has 1 aliphatic rings. The first kappa shape index (κ1) is 35.0. The first-order valence-corrected chi connectivity index (χ1v) is 15.5. The van der Waals surface area contributed by atoms with E-state index in [2.05, 4.69) is 32.0 Å². The smallest absolute Gasteiger partial charge is 0.317 e. The van der Waals surface area contributed by atoms with Crippen molar-refractivity contribution >= 4 is 23.6 Å². The fraction of sp³-hybridized carbons (Fsp3) is 0.382. The van der Waals surface area contributed by atoms with Crippen molar-refractivity contribution in [2.24, 2.45) is 0 Å². The summed E-state index contributed by atoms with van der Waals surface area (Å²) >= 11 is 0. The van der Waals surface area contributed by atoms with Gasteiger partial charge in [0, 0.05) is 101 Å². The normalized spacial score (nSPS) is 15.8. The predicted octanol–water partition coefficient (Wildman–Crippen LogP) is 1.46. The summed E-state index contributed by atoms with van der Waals surface area (Å²) in [5, 5.41) is 31.7. The SMILES string of the molecule is O=C(O)CN1CCN(CC(=O)O)CCN(Cc2cc(C#Cc3ccc(NCc4ccncc4)cc3)ccn2)CCN(CC(=O)O)CC1. The van der Waals surface area contributed by atoms with E-state index in [1.807, 2.05) is 48.5 Å². The Labute approximate surface area is 274 Å². The Bertz CT molecular complexity index is 1500. The van der Waals surface area contributed by atoms with E-state index in [-0.39, 0.29) is 19.6 Å². The van der Waals surface area contributed by atoms with Gasteiger partial charge in [-0.05, 0) is 54.1 Å². The summed E-state index contributed by atoms with van der Waals surface area (Å²) < 4.78 is 0. The second kappa shape index (κ2) is 18.3. The molecule has 1 fully saturated rings. The van der Waals surface area contributed by atoms with E-state index in [9.17, 15) is 29.7 Å². The van der Waals surface area contributed by atoms with Crippen LogP contribution in [-0.4, -0.2) is 135 Å². The summed E-state index contributed by atoms with van der Waals surface area (Å²) in [4.78, 5) is 50.6. The molecule has 0 bridgehead atoms. The Morgan fingerprint density at radius 2 is 1.13 bits per heavy atom. The van der Waals surface area contributed by atoms with Crippen molar-refractivity contribution in [3.8, 4) is 11.8 Å². The van der Waals surface area contributed by atoms with E-state index in [1.165, 1.54) is 0 Å². The summed E-state index contributed by atoms with van der Waals surface area (Å²) in [6.45, 7) is 4.03. The van der Waals surface area contributed by atoms with Crippen molar-refractivity contribution in [1.82, 2.24) is 29.6 Å². The molecule has 13 nitrogen and oxygen atoms in total. The van der Waals surface area contributed by atoms with E-state index in [0.717, 1.165) is 28.1 Å². The standard InChI is InChI=1S/C34H41N7O6/c42-32(43)24-39-15-13-38(14-16-40(25-33(44)45)18-20-41(19-17-39)26-34(46)47)23-31-21-28(9-12-36-31)2-1-27-3-5-30(6-4-27)37-22-29-7-10-35-11-8-29/h3-12,21,37H,13-20,22-26H2,(H,42,43)(H,44,45)(H,46,47). The molecular weight excluding hydrogens is 602 g/mol. The molecule has 4 N–H and O–H groups in total. The van der Waals surface area contributed by atoms with Crippen LogP contribution in [0.5, 0.6) is 0 Å². The van der Waals surface area contributed by atoms with Gasteiger partial charge in [0.2, 0.25) is 0 Å². The third-order valence-electron chi connectivity index (χ3n) is 7.69. The zero-order valence-corrected chi connectivity index (χ0v) is 26.3. The molecule has 0 radical (unpaired) electrons. The molecule has 0 saturated carbocycles. The Morgan fingerprint density at radius 3 is 1.64 bits per heavy atom. The third-order valence-corrected chi connectivity index (χ3v) is 7.69. The molecule has 1 saturated heterocycles. The largest absolute Gasteiger partial charge is 0.480 e. The second-order valence-electron chi connectivity index (χ2n) is 11.4. The number of carboxylic acid groups (broad SMARTS) is 3. The van der Waals surface area contributed by atoms with Gasteiger partial charge in [0.25, 0.3) is 0 Å². The molecule has 3 aromatic rings. The summed E-state index contributed by atoms with van der Waals surface area (Å²) in [6.07, 6.45) is 5.25. The number of nitrogens with zero attached hydrogens (tertiary/aromatic N) is 6. The highest BCUT2D eigenvalue weighted by atomic mass is 16.4. The van der Waals surface area contributed by atoms with Gasteiger partial charge in [0.1, 0.15) is 0 Å². The van der Waals surface area contributed by atoms with Crippen LogP contribution in [0.2, 0.25) is 0 Å². The summed E-state index contributed by atoms with van der Waals surface area (Å²) in [5.74, 6) is 3.53. The molecule has 2 aromatic heterocycles. The minimum atomic E-state index is -0.986. The molecule has 248 valence electrons. The number of rotatable bonds is 11. The third kappa shape index (κ3) is 13.2. The van der Waals surface area contributed by atoms with E-state index in [4.69, 9.17) is 0 Å². The molecule has 4 rings (SSSR count). The molecular formula is C34H41N7O6. The molecule has 13 heteroatoms. The minimum absolute atomic E-state index is 0.162. The fourth-order valence-corrected chi connectivity index (χ4v) is 5.18. The number of hydrogen-bond donors (Lipinski definition) is 4. The van der Waals surface area contributed by atoms with Crippen molar-refractivity contribution < 1.29 is 29.7 Å². The number of aromatic nitrogens is 2. The summed E-state index contributed by atoms with van der Waals surface area (Å²) in [7, 11) is 0. The highest BCUT2D eigenvalue weighted by molar-refractivity contribution is 5.70. The quantitative estimate of drug-likeness (QED) is 0.223. The predicted molar refractivity (Wildman–Crippen MR) is 176 cm³/mol. The topological polar surface area (TPSA) is 163 Å². The Hall–Kier alpha value is -4.87. The van der Waals surface area contributed by atoms with Crippen molar-refractivity contribution in [2.75, 3.05) is 77.3 Å². The van der Waals surface area contributed by atoms with Gasteiger partial charge in [-0.15, -0.1) is 0 Å². The van der Waals surface area contributed by atoms with E-state index < -0.39 is 17.9 Å². The summed E-state index contributed by atoms with van der Waals surface area (Å²) in [5.41, 5.74) is 4.61.